The lowest BCUT2D eigenvalue weighted by Crippen LogP contribution is -2.29. The highest BCUT2D eigenvalue weighted by Crippen LogP contribution is 2.36. The predicted octanol–water partition coefficient (Wildman–Crippen LogP) is 2.87. The van der Waals surface area contributed by atoms with Gasteiger partial charge in [0.05, 0.1) is 11.3 Å². The van der Waals surface area contributed by atoms with E-state index in [1.807, 2.05) is 0 Å². The Balaban J connectivity index is 2.56. The van der Waals surface area contributed by atoms with E-state index < -0.39 is 17.5 Å². The van der Waals surface area contributed by atoms with Crippen LogP contribution >= 0.6 is 27.5 Å². The van der Waals surface area contributed by atoms with Gasteiger partial charge < -0.3 is 0 Å². The van der Waals surface area contributed by atoms with Crippen LogP contribution in [0.3, 0.4) is 0 Å². The normalized spacial score (nSPS) is 14.9. The number of fused-ring (bicyclic) bond motifs is 1. The molecule has 0 aliphatic carbocycles. The second-order valence-corrected chi connectivity index (χ2v) is 4.50. The molecule has 0 N–H and O–H groups in total. The number of halogens is 3. The fourth-order valence-electron chi connectivity index (χ4n) is 1.67. The van der Waals surface area contributed by atoms with Crippen LogP contribution in [0.2, 0.25) is 0 Å². The Morgan fingerprint density at radius 2 is 2.12 bits per heavy atom. The average Bonchev–Trinajstić information content (AvgIpc) is 2.51. The van der Waals surface area contributed by atoms with Crippen molar-refractivity contribution in [3.05, 3.63) is 39.6 Å². The summed E-state index contributed by atoms with van der Waals surface area (Å²) in [6, 6.07) is 2.27. The molecule has 1 aliphatic heterocycles. The number of carbonyl (C=O) groups excluding carboxylic acids is 2. The van der Waals surface area contributed by atoms with E-state index in [2.05, 4.69) is 15.9 Å². The summed E-state index contributed by atoms with van der Waals surface area (Å²) in [5, 5.41) is 0. The lowest BCUT2D eigenvalue weighted by Gasteiger charge is -2.15. The number of hydrogen-bond acceptors (Lipinski definition) is 2. The Morgan fingerprint density at radius 3 is 2.76 bits per heavy atom. The van der Waals surface area contributed by atoms with E-state index in [0.29, 0.717) is 10.2 Å². The van der Waals surface area contributed by atoms with Crippen LogP contribution in [0, 0.1) is 5.82 Å². The van der Waals surface area contributed by atoms with Crippen molar-refractivity contribution in [1.29, 1.82) is 0 Å². The van der Waals surface area contributed by atoms with Crippen LogP contribution in [0.25, 0.3) is 0 Å². The van der Waals surface area contributed by atoms with Gasteiger partial charge in [0, 0.05) is 16.6 Å². The molecule has 0 bridgehead atoms. The molecular formula is C11H6BrClFNO2. The van der Waals surface area contributed by atoms with E-state index in [9.17, 15) is 14.0 Å². The monoisotopic (exact) mass is 317 g/mol. The largest absolute Gasteiger partial charge is 0.300 e. The van der Waals surface area contributed by atoms with Gasteiger partial charge in [-0.05, 0) is 28.1 Å². The molecule has 0 fully saturated rings. The highest BCUT2D eigenvalue weighted by Gasteiger charge is 2.37. The quantitative estimate of drug-likeness (QED) is 0.786. The summed E-state index contributed by atoms with van der Waals surface area (Å²) in [4.78, 5) is 24.6. The standard InChI is InChI=1S/C11H6BrClFNO2/c12-8-5-6(14)4-7-9(8)15(3-1-2-13)11(17)10(7)16/h1-2,4-5H,3H2/b2-1+. The average molecular weight is 319 g/mol. The van der Waals surface area contributed by atoms with Gasteiger partial charge in [-0.1, -0.05) is 17.7 Å². The van der Waals surface area contributed by atoms with Gasteiger partial charge >= 0.3 is 0 Å². The van der Waals surface area contributed by atoms with Gasteiger partial charge in [-0.15, -0.1) is 0 Å². The predicted molar refractivity (Wildman–Crippen MR) is 65.8 cm³/mol. The van der Waals surface area contributed by atoms with Gasteiger partial charge in [0.25, 0.3) is 11.7 Å². The van der Waals surface area contributed by atoms with Crippen molar-refractivity contribution in [3.63, 3.8) is 0 Å². The number of amides is 1. The zero-order valence-corrected chi connectivity index (χ0v) is 10.8. The van der Waals surface area contributed by atoms with E-state index in [1.165, 1.54) is 22.6 Å². The van der Waals surface area contributed by atoms with Crippen LogP contribution in [0.5, 0.6) is 0 Å². The molecule has 0 saturated heterocycles. The number of rotatable bonds is 2. The second-order valence-electron chi connectivity index (χ2n) is 3.39. The van der Waals surface area contributed by atoms with Crippen LogP contribution in [0.15, 0.2) is 28.2 Å². The van der Waals surface area contributed by atoms with Gasteiger partial charge in [-0.25, -0.2) is 4.39 Å². The van der Waals surface area contributed by atoms with Crippen LogP contribution in [-0.4, -0.2) is 18.2 Å². The van der Waals surface area contributed by atoms with Crippen molar-refractivity contribution < 1.29 is 14.0 Å². The molecule has 88 valence electrons. The first-order valence-electron chi connectivity index (χ1n) is 4.66. The number of benzene rings is 1. The highest BCUT2D eigenvalue weighted by atomic mass is 79.9. The lowest BCUT2D eigenvalue weighted by molar-refractivity contribution is -0.114. The van der Waals surface area contributed by atoms with Crippen molar-refractivity contribution >= 4 is 44.9 Å². The topological polar surface area (TPSA) is 37.4 Å². The molecule has 0 radical (unpaired) electrons. The molecule has 3 nitrogen and oxygen atoms in total. The van der Waals surface area contributed by atoms with Crippen molar-refractivity contribution in [2.24, 2.45) is 0 Å². The second kappa shape index (κ2) is 4.58. The Morgan fingerprint density at radius 1 is 1.41 bits per heavy atom. The fourth-order valence-corrected chi connectivity index (χ4v) is 2.40. The molecule has 1 aromatic rings. The van der Waals surface area contributed by atoms with E-state index in [-0.39, 0.29) is 12.1 Å². The number of anilines is 1. The Kier molecular flexibility index (Phi) is 3.31. The first-order chi connectivity index (χ1) is 8.06. The van der Waals surface area contributed by atoms with Crippen molar-refractivity contribution in [1.82, 2.24) is 0 Å². The maximum Gasteiger partial charge on any atom is 0.299 e. The van der Waals surface area contributed by atoms with E-state index >= 15 is 0 Å². The maximum absolute atomic E-state index is 13.2. The van der Waals surface area contributed by atoms with Gasteiger partial charge in [0.15, 0.2) is 0 Å². The van der Waals surface area contributed by atoms with E-state index in [4.69, 9.17) is 11.6 Å². The summed E-state index contributed by atoms with van der Waals surface area (Å²) >= 11 is 8.52. The molecule has 1 aliphatic rings. The molecule has 0 atom stereocenters. The van der Waals surface area contributed by atoms with E-state index in [1.54, 1.807) is 0 Å². The molecule has 0 unspecified atom stereocenters. The Hall–Kier alpha value is -1.20. The molecular weight excluding hydrogens is 312 g/mol. The summed E-state index contributed by atoms with van der Waals surface area (Å²) in [7, 11) is 0. The minimum absolute atomic E-state index is 0.0739. The van der Waals surface area contributed by atoms with Crippen LogP contribution in [0.4, 0.5) is 10.1 Å². The summed E-state index contributed by atoms with van der Waals surface area (Å²) in [5.41, 5.74) is 1.72. The van der Waals surface area contributed by atoms with Crippen molar-refractivity contribution in [2.75, 3.05) is 11.4 Å². The van der Waals surface area contributed by atoms with Crippen LogP contribution < -0.4 is 4.90 Å². The fraction of sp³-hybridized carbons (Fsp3) is 0.0909. The lowest BCUT2D eigenvalue weighted by atomic mass is 10.1. The Labute approximate surface area is 110 Å². The van der Waals surface area contributed by atoms with Crippen LogP contribution in [-0.2, 0) is 4.79 Å². The molecule has 0 saturated carbocycles. The first kappa shape index (κ1) is 12.3. The number of Topliss-reactive ketones (excluding diaryl/α,β-unsaturated/α-hetero) is 1. The van der Waals surface area contributed by atoms with Gasteiger partial charge in [-0.2, -0.15) is 0 Å². The maximum atomic E-state index is 13.2. The molecule has 0 spiro atoms. The Bertz CT molecular complexity index is 545. The molecule has 2 rings (SSSR count). The zero-order chi connectivity index (χ0) is 12.6. The number of ketones is 1. The van der Waals surface area contributed by atoms with Crippen molar-refractivity contribution in [3.8, 4) is 0 Å². The third-order valence-electron chi connectivity index (χ3n) is 2.36. The van der Waals surface area contributed by atoms with Gasteiger partial charge in [0.2, 0.25) is 0 Å². The molecule has 1 amide bonds. The third kappa shape index (κ3) is 2.00. The smallest absolute Gasteiger partial charge is 0.299 e. The van der Waals surface area contributed by atoms with Crippen LogP contribution in [0.1, 0.15) is 10.4 Å². The van der Waals surface area contributed by atoms with Crippen molar-refractivity contribution in [2.45, 2.75) is 0 Å². The number of hydrogen-bond donors (Lipinski definition) is 0. The SMILES string of the molecule is O=C1C(=O)N(C/C=C/Cl)c2c(Br)cc(F)cc21. The summed E-state index contributed by atoms with van der Waals surface area (Å²) in [5.74, 6) is -1.95. The summed E-state index contributed by atoms with van der Waals surface area (Å²) in [6.45, 7) is 0.172. The molecule has 17 heavy (non-hydrogen) atoms. The molecule has 6 heteroatoms. The summed E-state index contributed by atoms with van der Waals surface area (Å²) in [6.07, 6.45) is 1.53. The number of nitrogens with zero attached hydrogens (tertiary/aromatic N) is 1. The first-order valence-corrected chi connectivity index (χ1v) is 5.89. The third-order valence-corrected chi connectivity index (χ3v) is 3.14. The molecule has 1 heterocycles. The minimum atomic E-state index is -0.705. The van der Waals surface area contributed by atoms with Gasteiger partial charge in [0.1, 0.15) is 5.82 Å². The molecule has 0 aromatic heterocycles. The molecule has 1 aromatic carbocycles. The number of carbonyl (C=O) groups is 2. The minimum Gasteiger partial charge on any atom is -0.300 e. The van der Waals surface area contributed by atoms with Gasteiger partial charge in [-0.3, -0.25) is 14.5 Å². The van der Waals surface area contributed by atoms with E-state index in [0.717, 1.165) is 6.07 Å². The summed E-state index contributed by atoms with van der Waals surface area (Å²) < 4.78 is 13.5. The zero-order valence-electron chi connectivity index (χ0n) is 8.41. The highest BCUT2D eigenvalue weighted by molar-refractivity contribution is 9.10.